The largest absolute Gasteiger partial charge is 0.324 e. The van der Waals surface area contributed by atoms with Gasteiger partial charge in [-0.05, 0) is 50.1 Å². The van der Waals surface area contributed by atoms with Gasteiger partial charge in [0.1, 0.15) is 6.04 Å². The van der Waals surface area contributed by atoms with Gasteiger partial charge < -0.3 is 5.32 Å². The number of non-ortho nitro benzene ring substituents is 1. The SMILES string of the molecule is Cc1ccc(C)c(NC(=O)C(C)n2c(=O)ccc3cc([N+](=O)[O-])ccc32)c1. The van der Waals surface area contributed by atoms with Crippen LogP contribution in [-0.2, 0) is 4.79 Å². The monoisotopic (exact) mass is 365 g/mol. The molecule has 27 heavy (non-hydrogen) atoms. The molecule has 0 saturated heterocycles. The van der Waals surface area contributed by atoms with Gasteiger partial charge in [-0.25, -0.2) is 0 Å². The number of nitro groups is 1. The Balaban J connectivity index is 2.01. The molecule has 1 aromatic heterocycles. The molecular formula is C20H19N3O4. The topological polar surface area (TPSA) is 94.2 Å². The molecule has 0 aliphatic rings. The van der Waals surface area contributed by atoms with Crippen LogP contribution in [0.2, 0.25) is 0 Å². The average molecular weight is 365 g/mol. The van der Waals surface area contributed by atoms with Crippen molar-refractivity contribution in [2.24, 2.45) is 0 Å². The molecule has 1 N–H and O–H groups in total. The predicted molar refractivity (Wildman–Crippen MR) is 104 cm³/mol. The van der Waals surface area contributed by atoms with Crippen molar-refractivity contribution in [2.75, 3.05) is 5.32 Å². The summed E-state index contributed by atoms with van der Waals surface area (Å²) >= 11 is 0. The molecule has 0 radical (unpaired) electrons. The molecule has 2 aromatic carbocycles. The zero-order valence-electron chi connectivity index (χ0n) is 15.2. The van der Waals surface area contributed by atoms with E-state index in [0.29, 0.717) is 16.6 Å². The number of fused-ring (bicyclic) bond motifs is 1. The van der Waals surface area contributed by atoms with Gasteiger partial charge in [0, 0.05) is 29.3 Å². The van der Waals surface area contributed by atoms with Gasteiger partial charge in [-0.1, -0.05) is 12.1 Å². The molecule has 0 bridgehead atoms. The first-order chi connectivity index (χ1) is 12.8. The third kappa shape index (κ3) is 3.57. The van der Waals surface area contributed by atoms with Crippen LogP contribution >= 0.6 is 0 Å². The smallest absolute Gasteiger partial charge is 0.270 e. The number of pyridine rings is 1. The summed E-state index contributed by atoms with van der Waals surface area (Å²) in [5.74, 6) is -0.336. The molecule has 0 aliphatic heterocycles. The maximum absolute atomic E-state index is 12.8. The second-order valence-electron chi connectivity index (χ2n) is 6.53. The van der Waals surface area contributed by atoms with Crippen LogP contribution < -0.4 is 10.9 Å². The molecular weight excluding hydrogens is 346 g/mol. The van der Waals surface area contributed by atoms with Crippen LogP contribution in [0.15, 0.2) is 53.3 Å². The Kier molecular flexibility index (Phi) is 4.77. The number of anilines is 1. The molecule has 0 spiro atoms. The third-order valence-electron chi connectivity index (χ3n) is 4.54. The third-order valence-corrected chi connectivity index (χ3v) is 4.54. The summed E-state index contributed by atoms with van der Waals surface area (Å²) < 4.78 is 1.35. The molecule has 1 atom stereocenters. The van der Waals surface area contributed by atoms with E-state index in [2.05, 4.69) is 5.32 Å². The minimum absolute atomic E-state index is 0.0693. The zero-order chi connectivity index (χ0) is 19.7. The summed E-state index contributed by atoms with van der Waals surface area (Å²) in [4.78, 5) is 35.7. The van der Waals surface area contributed by atoms with Gasteiger partial charge in [-0.15, -0.1) is 0 Å². The minimum Gasteiger partial charge on any atom is -0.324 e. The standard InChI is InChI=1S/C20H19N3O4/c1-12-4-5-13(2)17(10-12)21-20(25)14(3)22-18-8-7-16(23(26)27)11-15(18)6-9-19(22)24/h4-11,14H,1-3H3,(H,21,25). The maximum Gasteiger partial charge on any atom is 0.270 e. The molecule has 3 aromatic rings. The molecule has 0 saturated carbocycles. The molecule has 7 heteroatoms. The first kappa shape index (κ1) is 18.3. The fourth-order valence-corrected chi connectivity index (χ4v) is 2.99. The molecule has 1 unspecified atom stereocenters. The van der Waals surface area contributed by atoms with Crippen LogP contribution in [0.4, 0.5) is 11.4 Å². The summed E-state index contributed by atoms with van der Waals surface area (Å²) in [6.07, 6.45) is 0. The van der Waals surface area contributed by atoms with E-state index in [1.807, 2.05) is 32.0 Å². The van der Waals surface area contributed by atoms with Crippen molar-refractivity contribution in [3.05, 3.63) is 80.1 Å². The number of aromatic nitrogens is 1. The number of aryl methyl sites for hydroxylation is 2. The van der Waals surface area contributed by atoms with Crippen LogP contribution in [0.3, 0.4) is 0 Å². The first-order valence-electron chi connectivity index (χ1n) is 8.46. The van der Waals surface area contributed by atoms with Gasteiger partial charge in [0.05, 0.1) is 10.4 Å². The number of nitrogens with one attached hydrogen (secondary N) is 1. The van der Waals surface area contributed by atoms with Gasteiger partial charge >= 0.3 is 0 Å². The maximum atomic E-state index is 12.8. The Morgan fingerprint density at radius 1 is 1.11 bits per heavy atom. The number of benzene rings is 2. The Labute approximate surface area is 155 Å². The van der Waals surface area contributed by atoms with Crippen LogP contribution in [0.1, 0.15) is 24.1 Å². The van der Waals surface area contributed by atoms with E-state index >= 15 is 0 Å². The summed E-state index contributed by atoms with van der Waals surface area (Å²) in [5.41, 5.74) is 2.67. The van der Waals surface area contributed by atoms with Crippen molar-refractivity contribution >= 4 is 28.2 Å². The van der Waals surface area contributed by atoms with Crippen LogP contribution in [0.5, 0.6) is 0 Å². The molecule has 3 rings (SSSR count). The zero-order valence-corrected chi connectivity index (χ0v) is 15.2. The van der Waals surface area contributed by atoms with E-state index in [4.69, 9.17) is 0 Å². The van der Waals surface area contributed by atoms with Crippen LogP contribution in [-0.4, -0.2) is 15.4 Å². The minimum atomic E-state index is -0.789. The van der Waals surface area contributed by atoms with Crippen molar-refractivity contribution in [3.8, 4) is 0 Å². The van der Waals surface area contributed by atoms with Crippen LogP contribution in [0, 0.1) is 24.0 Å². The number of carbonyl (C=O) groups is 1. The lowest BCUT2D eigenvalue weighted by atomic mass is 10.1. The summed E-state index contributed by atoms with van der Waals surface area (Å²) in [5, 5.41) is 14.4. The summed E-state index contributed by atoms with van der Waals surface area (Å²) in [6.45, 7) is 5.45. The van der Waals surface area contributed by atoms with E-state index in [-0.39, 0.29) is 17.2 Å². The highest BCUT2D eigenvalue weighted by molar-refractivity contribution is 5.95. The highest BCUT2D eigenvalue weighted by atomic mass is 16.6. The lowest BCUT2D eigenvalue weighted by Gasteiger charge is -2.18. The van der Waals surface area contributed by atoms with Gasteiger partial charge in [0.25, 0.3) is 11.2 Å². The fraction of sp³-hybridized carbons (Fsp3) is 0.200. The Bertz CT molecular complexity index is 1120. The number of hydrogen-bond donors (Lipinski definition) is 1. The second kappa shape index (κ2) is 7.03. The van der Waals surface area contributed by atoms with Crippen molar-refractivity contribution in [1.82, 2.24) is 4.57 Å². The number of carbonyl (C=O) groups excluding carboxylic acids is 1. The number of amides is 1. The van der Waals surface area contributed by atoms with E-state index in [9.17, 15) is 19.7 Å². The highest BCUT2D eigenvalue weighted by Crippen LogP contribution is 2.23. The van der Waals surface area contributed by atoms with E-state index in [1.165, 1.54) is 34.9 Å². The molecule has 138 valence electrons. The number of hydrogen-bond acceptors (Lipinski definition) is 4. The van der Waals surface area contributed by atoms with Gasteiger partial charge in [-0.3, -0.25) is 24.3 Å². The number of nitrogens with zero attached hydrogens (tertiary/aromatic N) is 2. The van der Waals surface area contributed by atoms with Crippen molar-refractivity contribution in [3.63, 3.8) is 0 Å². The highest BCUT2D eigenvalue weighted by Gasteiger charge is 2.20. The molecule has 1 amide bonds. The quantitative estimate of drug-likeness (QED) is 0.563. The second-order valence-corrected chi connectivity index (χ2v) is 6.53. The van der Waals surface area contributed by atoms with E-state index < -0.39 is 11.0 Å². The van der Waals surface area contributed by atoms with Crippen molar-refractivity contribution in [1.29, 1.82) is 0 Å². The molecule has 0 fully saturated rings. The predicted octanol–water partition coefficient (Wildman–Crippen LogP) is 3.73. The molecule has 1 heterocycles. The van der Waals surface area contributed by atoms with E-state index in [1.54, 1.807) is 6.92 Å². The normalized spacial score (nSPS) is 12.0. The Morgan fingerprint density at radius 2 is 1.85 bits per heavy atom. The lowest BCUT2D eigenvalue weighted by Crippen LogP contribution is -2.31. The van der Waals surface area contributed by atoms with Crippen molar-refractivity contribution < 1.29 is 9.72 Å². The summed E-state index contributed by atoms with van der Waals surface area (Å²) in [7, 11) is 0. The Morgan fingerprint density at radius 3 is 2.56 bits per heavy atom. The molecule has 0 aliphatic carbocycles. The Hall–Kier alpha value is -3.48. The average Bonchev–Trinajstić information content (AvgIpc) is 2.63. The van der Waals surface area contributed by atoms with E-state index in [0.717, 1.165) is 11.1 Å². The molecule has 7 nitrogen and oxygen atoms in total. The number of nitro benzene ring substituents is 1. The van der Waals surface area contributed by atoms with Crippen molar-refractivity contribution in [2.45, 2.75) is 26.8 Å². The van der Waals surface area contributed by atoms with Gasteiger partial charge in [-0.2, -0.15) is 0 Å². The summed E-state index contributed by atoms with van der Waals surface area (Å²) in [6, 6.07) is 12.0. The van der Waals surface area contributed by atoms with Gasteiger partial charge in [0.2, 0.25) is 5.91 Å². The fourth-order valence-electron chi connectivity index (χ4n) is 2.99. The lowest BCUT2D eigenvalue weighted by molar-refractivity contribution is -0.384. The van der Waals surface area contributed by atoms with Gasteiger partial charge in [0.15, 0.2) is 0 Å². The first-order valence-corrected chi connectivity index (χ1v) is 8.46. The number of rotatable bonds is 4. The van der Waals surface area contributed by atoms with Crippen LogP contribution in [0.25, 0.3) is 10.9 Å².